The maximum absolute atomic E-state index is 13.1. The average Bonchev–Trinajstić information content (AvgIpc) is 3.40. The van der Waals surface area contributed by atoms with E-state index < -0.39 is 5.91 Å². The number of rotatable bonds is 8. The molecule has 3 aromatic heterocycles. The lowest BCUT2D eigenvalue weighted by molar-refractivity contribution is 0.0914. The number of hydrogen-bond acceptors (Lipinski definition) is 9. The number of anilines is 2. The molecule has 5 rings (SSSR count). The Morgan fingerprint density at radius 2 is 1.89 bits per heavy atom. The maximum Gasteiger partial charge on any atom is 0.287 e. The monoisotopic (exact) mass is 516 g/mol. The van der Waals surface area contributed by atoms with Crippen molar-refractivity contribution in [3.8, 4) is 11.5 Å². The zero-order chi connectivity index (χ0) is 26.6. The first-order valence-corrected chi connectivity index (χ1v) is 12.8. The topological polar surface area (TPSA) is 121 Å². The van der Waals surface area contributed by atoms with Crippen LogP contribution in [0.15, 0.2) is 58.0 Å². The predicted molar refractivity (Wildman–Crippen MR) is 146 cm³/mol. The minimum absolute atomic E-state index is 0.00817. The summed E-state index contributed by atoms with van der Waals surface area (Å²) in [5.74, 6) is 0.786. The van der Waals surface area contributed by atoms with Crippen LogP contribution in [0.2, 0.25) is 0 Å². The lowest BCUT2D eigenvalue weighted by Crippen LogP contribution is -2.46. The van der Waals surface area contributed by atoms with E-state index in [1.54, 1.807) is 24.5 Å². The number of nitrogens with zero attached hydrogens (tertiary/aromatic N) is 6. The molecule has 11 nitrogen and oxygen atoms in total. The molecule has 1 aliphatic rings. The Morgan fingerprint density at radius 1 is 1.11 bits per heavy atom. The highest BCUT2D eigenvalue weighted by Crippen LogP contribution is 2.26. The molecule has 1 saturated heterocycles. The van der Waals surface area contributed by atoms with Crippen molar-refractivity contribution in [1.82, 2.24) is 34.9 Å². The van der Waals surface area contributed by atoms with E-state index in [1.165, 1.54) is 6.07 Å². The van der Waals surface area contributed by atoms with Crippen molar-refractivity contribution in [2.45, 2.75) is 19.9 Å². The highest BCUT2D eigenvalue weighted by atomic mass is 16.3. The zero-order valence-electron chi connectivity index (χ0n) is 21.8. The summed E-state index contributed by atoms with van der Waals surface area (Å²) in [6, 6.07) is 12.2. The van der Waals surface area contributed by atoms with Gasteiger partial charge in [0.2, 0.25) is 0 Å². The van der Waals surface area contributed by atoms with Crippen LogP contribution in [0.1, 0.15) is 30.4 Å². The van der Waals surface area contributed by atoms with Crippen LogP contribution in [0.5, 0.6) is 0 Å². The van der Waals surface area contributed by atoms with Gasteiger partial charge < -0.3 is 24.5 Å². The van der Waals surface area contributed by atoms with Crippen molar-refractivity contribution in [3.05, 3.63) is 64.8 Å². The smallest absolute Gasteiger partial charge is 0.287 e. The second kappa shape index (κ2) is 11.1. The van der Waals surface area contributed by atoms with Crippen molar-refractivity contribution in [2.24, 2.45) is 0 Å². The first-order chi connectivity index (χ1) is 18.4. The molecular formula is C27H32N8O3. The number of carbonyl (C=O) groups excluding carboxylic acids is 1. The van der Waals surface area contributed by atoms with Crippen molar-refractivity contribution >= 4 is 28.4 Å². The fourth-order valence-electron chi connectivity index (χ4n) is 4.48. The van der Waals surface area contributed by atoms with Gasteiger partial charge in [0.15, 0.2) is 17.0 Å². The molecule has 11 heteroatoms. The molecule has 0 bridgehead atoms. The fraction of sp³-hybridized carbons (Fsp3) is 0.370. The highest BCUT2D eigenvalue weighted by Gasteiger charge is 2.17. The summed E-state index contributed by atoms with van der Waals surface area (Å²) in [5.41, 5.74) is 1.20. The van der Waals surface area contributed by atoms with Gasteiger partial charge >= 0.3 is 0 Å². The molecule has 2 N–H and O–H groups in total. The first kappa shape index (κ1) is 25.6. The van der Waals surface area contributed by atoms with Gasteiger partial charge in [-0.3, -0.25) is 14.5 Å². The van der Waals surface area contributed by atoms with Gasteiger partial charge in [0, 0.05) is 51.4 Å². The Hall–Kier alpha value is -4.09. The van der Waals surface area contributed by atoms with Crippen LogP contribution in [-0.4, -0.2) is 81.8 Å². The number of likely N-dealkylation sites (N-methyl/N-ethyl adjacent to an activating group) is 1. The molecule has 4 aromatic rings. The van der Waals surface area contributed by atoms with Gasteiger partial charge in [0.1, 0.15) is 23.4 Å². The van der Waals surface area contributed by atoms with E-state index in [2.05, 4.69) is 42.7 Å². The minimum atomic E-state index is -0.403. The van der Waals surface area contributed by atoms with E-state index in [0.717, 1.165) is 32.7 Å². The van der Waals surface area contributed by atoms with Gasteiger partial charge in [0.25, 0.3) is 5.91 Å². The SMILES string of the molecule is CC(C)n1cnnc1-c1cccc(Nc2cccc3oc(C(=O)NCCN4CCN(C)CC4)cc(=O)c23)n1. The van der Waals surface area contributed by atoms with Crippen LogP contribution >= 0.6 is 0 Å². The molecule has 0 saturated carbocycles. The van der Waals surface area contributed by atoms with E-state index in [0.29, 0.717) is 40.5 Å². The van der Waals surface area contributed by atoms with Crippen LogP contribution in [-0.2, 0) is 0 Å². The van der Waals surface area contributed by atoms with Gasteiger partial charge in [-0.15, -0.1) is 10.2 Å². The molecule has 1 fully saturated rings. The summed E-state index contributed by atoms with van der Waals surface area (Å²) in [4.78, 5) is 35.1. The third-order valence-electron chi connectivity index (χ3n) is 6.66. The maximum atomic E-state index is 13.1. The predicted octanol–water partition coefficient (Wildman–Crippen LogP) is 2.75. The van der Waals surface area contributed by atoms with Crippen LogP contribution in [0.25, 0.3) is 22.5 Å². The van der Waals surface area contributed by atoms with Gasteiger partial charge in [-0.2, -0.15) is 0 Å². The van der Waals surface area contributed by atoms with Gasteiger partial charge in [0.05, 0.1) is 11.1 Å². The van der Waals surface area contributed by atoms with E-state index in [-0.39, 0.29) is 17.2 Å². The van der Waals surface area contributed by atoms with Crippen molar-refractivity contribution < 1.29 is 9.21 Å². The normalized spacial score (nSPS) is 14.7. The fourth-order valence-corrected chi connectivity index (χ4v) is 4.48. The second-order valence-electron chi connectivity index (χ2n) is 9.74. The number of piperazine rings is 1. The molecule has 38 heavy (non-hydrogen) atoms. The Morgan fingerprint density at radius 3 is 2.68 bits per heavy atom. The molecule has 0 radical (unpaired) electrons. The Bertz CT molecular complexity index is 1490. The summed E-state index contributed by atoms with van der Waals surface area (Å²) >= 11 is 0. The van der Waals surface area contributed by atoms with Crippen molar-refractivity contribution in [3.63, 3.8) is 0 Å². The molecule has 1 aromatic carbocycles. The number of aromatic nitrogens is 4. The number of fused-ring (bicyclic) bond motifs is 1. The van der Waals surface area contributed by atoms with Crippen molar-refractivity contribution in [2.75, 3.05) is 51.6 Å². The summed E-state index contributed by atoms with van der Waals surface area (Å²) in [6.07, 6.45) is 1.68. The Kier molecular flexibility index (Phi) is 7.47. The van der Waals surface area contributed by atoms with Crippen LogP contribution < -0.4 is 16.1 Å². The Labute approximate surface area is 220 Å². The lowest BCUT2D eigenvalue weighted by Gasteiger charge is -2.32. The van der Waals surface area contributed by atoms with E-state index in [4.69, 9.17) is 4.42 Å². The number of pyridine rings is 1. The minimum Gasteiger partial charge on any atom is -0.451 e. The van der Waals surface area contributed by atoms with Crippen LogP contribution in [0, 0.1) is 0 Å². The van der Waals surface area contributed by atoms with Crippen LogP contribution in [0.3, 0.4) is 0 Å². The highest BCUT2D eigenvalue weighted by molar-refractivity contribution is 5.96. The summed E-state index contributed by atoms with van der Waals surface area (Å²) in [5, 5.41) is 14.7. The number of nitrogens with one attached hydrogen (secondary N) is 2. The number of carbonyl (C=O) groups is 1. The van der Waals surface area contributed by atoms with E-state index in [1.807, 2.05) is 36.6 Å². The molecule has 1 amide bonds. The van der Waals surface area contributed by atoms with E-state index in [9.17, 15) is 9.59 Å². The first-order valence-electron chi connectivity index (χ1n) is 12.8. The largest absolute Gasteiger partial charge is 0.451 e. The van der Waals surface area contributed by atoms with Crippen LogP contribution in [0.4, 0.5) is 11.5 Å². The van der Waals surface area contributed by atoms with Crippen molar-refractivity contribution in [1.29, 1.82) is 0 Å². The number of hydrogen-bond donors (Lipinski definition) is 2. The quantitative estimate of drug-likeness (QED) is 0.364. The molecule has 4 heterocycles. The number of benzene rings is 1. The molecule has 1 aliphatic heterocycles. The third kappa shape index (κ3) is 5.58. The zero-order valence-corrected chi connectivity index (χ0v) is 21.8. The molecule has 0 spiro atoms. The standard InChI is InChI=1S/C27H32N8O3/c1-18(2)35-17-29-32-26(35)20-7-5-9-24(31-20)30-19-6-4-8-22-25(19)21(36)16-23(38-22)27(37)28-10-11-34-14-12-33(3)13-15-34/h4-9,16-18H,10-15H2,1-3H3,(H,28,37)(H,30,31). The second-order valence-corrected chi connectivity index (χ2v) is 9.74. The lowest BCUT2D eigenvalue weighted by atomic mass is 10.1. The summed E-state index contributed by atoms with van der Waals surface area (Å²) in [7, 11) is 2.11. The molecule has 0 unspecified atom stereocenters. The summed E-state index contributed by atoms with van der Waals surface area (Å²) < 4.78 is 7.79. The third-order valence-corrected chi connectivity index (χ3v) is 6.66. The summed E-state index contributed by atoms with van der Waals surface area (Å²) in [6.45, 7) is 9.32. The Balaban J connectivity index is 1.32. The van der Waals surface area contributed by atoms with Gasteiger partial charge in [-0.05, 0) is 45.2 Å². The molecular weight excluding hydrogens is 484 g/mol. The average molecular weight is 517 g/mol. The number of amides is 1. The van der Waals surface area contributed by atoms with E-state index >= 15 is 0 Å². The molecule has 198 valence electrons. The van der Waals surface area contributed by atoms with Gasteiger partial charge in [-0.25, -0.2) is 4.98 Å². The molecule has 0 atom stereocenters. The molecule has 0 aliphatic carbocycles. The van der Waals surface area contributed by atoms with Gasteiger partial charge in [-0.1, -0.05) is 12.1 Å².